The summed E-state index contributed by atoms with van der Waals surface area (Å²) in [5, 5.41) is 2.85. The van der Waals surface area contributed by atoms with Crippen molar-refractivity contribution in [2.24, 2.45) is 0 Å². The van der Waals surface area contributed by atoms with E-state index in [1.165, 1.54) is 0 Å². The van der Waals surface area contributed by atoms with Crippen LogP contribution in [-0.4, -0.2) is 25.7 Å². The van der Waals surface area contributed by atoms with E-state index >= 15 is 0 Å². The van der Waals surface area contributed by atoms with E-state index in [-0.39, 0.29) is 5.91 Å². The van der Waals surface area contributed by atoms with Crippen molar-refractivity contribution < 1.29 is 14.3 Å². The number of unbranched alkanes of at least 4 members (excludes halogenated alkanes) is 1. The third-order valence-corrected chi connectivity index (χ3v) is 2.99. The predicted molar refractivity (Wildman–Crippen MR) is 90.3 cm³/mol. The van der Waals surface area contributed by atoms with Gasteiger partial charge in [0.25, 0.3) is 0 Å². The van der Waals surface area contributed by atoms with Gasteiger partial charge in [0.2, 0.25) is 5.91 Å². The molecule has 0 aliphatic carbocycles. The van der Waals surface area contributed by atoms with Crippen molar-refractivity contribution in [1.29, 1.82) is 0 Å². The third-order valence-electron chi connectivity index (χ3n) is 2.99. The average molecular weight is 305 g/mol. The van der Waals surface area contributed by atoms with Crippen LogP contribution in [0.25, 0.3) is 6.08 Å². The Hall–Kier alpha value is -1.97. The molecule has 1 amide bonds. The van der Waals surface area contributed by atoms with Gasteiger partial charge in [-0.15, -0.1) is 0 Å². The van der Waals surface area contributed by atoms with Crippen LogP contribution >= 0.6 is 0 Å². The smallest absolute Gasteiger partial charge is 0.243 e. The van der Waals surface area contributed by atoms with Gasteiger partial charge in [0.05, 0.1) is 13.2 Å². The molecular weight excluding hydrogens is 278 g/mol. The molecule has 1 N–H and O–H groups in total. The lowest BCUT2D eigenvalue weighted by atomic mass is 10.2. The first-order valence-corrected chi connectivity index (χ1v) is 8.06. The van der Waals surface area contributed by atoms with Crippen LogP contribution in [0.1, 0.15) is 45.6 Å². The number of ether oxygens (including phenoxy) is 2. The van der Waals surface area contributed by atoms with Gasteiger partial charge in [0.1, 0.15) is 0 Å². The van der Waals surface area contributed by atoms with Crippen LogP contribution in [-0.2, 0) is 4.79 Å². The molecule has 0 unspecified atom stereocenters. The number of hydrogen-bond acceptors (Lipinski definition) is 3. The van der Waals surface area contributed by atoms with Gasteiger partial charge in [-0.25, -0.2) is 0 Å². The highest BCUT2D eigenvalue weighted by Crippen LogP contribution is 2.29. The molecule has 0 saturated carbocycles. The topological polar surface area (TPSA) is 47.6 Å². The molecule has 4 heteroatoms. The largest absolute Gasteiger partial charge is 0.490 e. The van der Waals surface area contributed by atoms with E-state index in [9.17, 15) is 4.79 Å². The second-order valence-electron chi connectivity index (χ2n) is 4.97. The van der Waals surface area contributed by atoms with Gasteiger partial charge in [0, 0.05) is 12.6 Å². The number of carbonyl (C=O) groups is 1. The summed E-state index contributed by atoms with van der Waals surface area (Å²) in [6, 6.07) is 5.70. The minimum Gasteiger partial charge on any atom is -0.490 e. The molecular formula is C18H27NO3. The summed E-state index contributed by atoms with van der Waals surface area (Å²) in [4.78, 5) is 11.7. The normalized spacial score (nSPS) is 10.7. The van der Waals surface area contributed by atoms with Crippen molar-refractivity contribution in [3.63, 3.8) is 0 Å². The summed E-state index contributed by atoms with van der Waals surface area (Å²) < 4.78 is 11.3. The quantitative estimate of drug-likeness (QED) is 0.528. The number of rotatable bonds is 10. The molecule has 0 aliphatic rings. The zero-order valence-corrected chi connectivity index (χ0v) is 13.9. The molecule has 0 bridgehead atoms. The van der Waals surface area contributed by atoms with Crippen LogP contribution < -0.4 is 14.8 Å². The van der Waals surface area contributed by atoms with Crippen molar-refractivity contribution in [1.82, 2.24) is 5.32 Å². The Bertz CT molecular complexity index is 483. The molecule has 0 saturated heterocycles. The number of carbonyl (C=O) groups excluding carboxylic acids is 1. The summed E-state index contributed by atoms with van der Waals surface area (Å²) in [5.41, 5.74) is 0.915. The SMILES string of the molecule is CCCCNC(=O)/C=C/c1ccc(OCCC)c(OCC)c1. The number of nitrogens with one attached hydrogen (secondary N) is 1. The molecule has 22 heavy (non-hydrogen) atoms. The van der Waals surface area contributed by atoms with Gasteiger partial charge in [-0.05, 0) is 43.5 Å². The fourth-order valence-electron chi connectivity index (χ4n) is 1.85. The van der Waals surface area contributed by atoms with Crippen LogP contribution in [0, 0.1) is 0 Å². The lowest BCUT2D eigenvalue weighted by Crippen LogP contribution is -2.21. The Labute approximate surface area is 133 Å². The Morgan fingerprint density at radius 2 is 1.95 bits per heavy atom. The molecule has 0 spiro atoms. The highest BCUT2D eigenvalue weighted by atomic mass is 16.5. The lowest BCUT2D eigenvalue weighted by molar-refractivity contribution is -0.116. The van der Waals surface area contributed by atoms with Gasteiger partial charge >= 0.3 is 0 Å². The molecule has 1 aromatic rings. The number of benzene rings is 1. The molecule has 0 atom stereocenters. The summed E-state index contributed by atoms with van der Waals surface area (Å²) in [6.45, 7) is 8.05. The molecule has 0 heterocycles. The van der Waals surface area contributed by atoms with E-state index in [4.69, 9.17) is 9.47 Å². The standard InChI is InChI=1S/C18H27NO3/c1-4-7-12-19-18(20)11-9-15-8-10-16(22-13-5-2)17(14-15)21-6-3/h8-11,14H,4-7,12-13H2,1-3H3,(H,19,20)/b11-9+. The zero-order valence-electron chi connectivity index (χ0n) is 13.9. The van der Waals surface area contributed by atoms with Crippen LogP contribution in [0.5, 0.6) is 11.5 Å². The van der Waals surface area contributed by atoms with Crippen molar-refractivity contribution in [3.05, 3.63) is 29.8 Å². The molecule has 4 nitrogen and oxygen atoms in total. The van der Waals surface area contributed by atoms with Gasteiger partial charge < -0.3 is 14.8 Å². The number of amides is 1. The van der Waals surface area contributed by atoms with Crippen LogP contribution in [0.3, 0.4) is 0 Å². The Balaban J connectivity index is 2.70. The second-order valence-corrected chi connectivity index (χ2v) is 4.97. The molecule has 1 rings (SSSR count). The second kappa shape index (κ2) is 10.7. The number of hydrogen-bond donors (Lipinski definition) is 1. The fraction of sp³-hybridized carbons (Fsp3) is 0.500. The van der Waals surface area contributed by atoms with E-state index in [1.54, 1.807) is 12.2 Å². The summed E-state index contributed by atoms with van der Waals surface area (Å²) >= 11 is 0. The highest BCUT2D eigenvalue weighted by molar-refractivity contribution is 5.91. The summed E-state index contributed by atoms with van der Waals surface area (Å²) in [7, 11) is 0. The monoisotopic (exact) mass is 305 g/mol. The van der Waals surface area contributed by atoms with Gasteiger partial charge in [0.15, 0.2) is 11.5 Å². The van der Waals surface area contributed by atoms with Crippen molar-refractivity contribution in [2.45, 2.75) is 40.0 Å². The third kappa shape index (κ3) is 6.66. The fourth-order valence-corrected chi connectivity index (χ4v) is 1.85. The molecule has 122 valence electrons. The zero-order chi connectivity index (χ0) is 16.2. The van der Waals surface area contributed by atoms with Gasteiger partial charge in [-0.3, -0.25) is 4.79 Å². The Kier molecular flexibility index (Phi) is 8.80. The average Bonchev–Trinajstić information content (AvgIpc) is 2.52. The van der Waals surface area contributed by atoms with Gasteiger partial charge in [-0.2, -0.15) is 0 Å². The lowest BCUT2D eigenvalue weighted by Gasteiger charge is -2.12. The van der Waals surface area contributed by atoms with E-state index in [0.29, 0.717) is 25.5 Å². The first-order chi connectivity index (χ1) is 10.7. The highest BCUT2D eigenvalue weighted by Gasteiger charge is 2.05. The molecule has 0 aliphatic heterocycles. The van der Waals surface area contributed by atoms with Crippen molar-refractivity contribution in [2.75, 3.05) is 19.8 Å². The molecule has 0 fully saturated rings. The van der Waals surface area contributed by atoms with Crippen LogP contribution in [0.15, 0.2) is 24.3 Å². The van der Waals surface area contributed by atoms with Crippen LogP contribution in [0.4, 0.5) is 0 Å². The van der Waals surface area contributed by atoms with E-state index in [1.807, 2.05) is 25.1 Å². The van der Waals surface area contributed by atoms with Crippen LogP contribution in [0.2, 0.25) is 0 Å². The van der Waals surface area contributed by atoms with E-state index in [2.05, 4.69) is 19.2 Å². The van der Waals surface area contributed by atoms with Gasteiger partial charge in [-0.1, -0.05) is 26.3 Å². The van der Waals surface area contributed by atoms with Crippen molar-refractivity contribution in [3.8, 4) is 11.5 Å². The minimum atomic E-state index is -0.0716. The first kappa shape index (κ1) is 18.1. The maximum absolute atomic E-state index is 11.7. The summed E-state index contributed by atoms with van der Waals surface area (Å²) in [6.07, 6.45) is 6.35. The molecule has 0 aromatic heterocycles. The minimum absolute atomic E-state index is 0.0716. The van der Waals surface area contributed by atoms with E-state index in [0.717, 1.165) is 30.6 Å². The van der Waals surface area contributed by atoms with E-state index < -0.39 is 0 Å². The maximum atomic E-state index is 11.7. The molecule has 0 radical (unpaired) electrons. The van der Waals surface area contributed by atoms with Crippen molar-refractivity contribution >= 4 is 12.0 Å². The first-order valence-electron chi connectivity index (χ1n) is 8.06. The Morgan fingerprint density at radius 3 is 2.64 bits per heavy atom. The summed E-state index contributed by atoms with van der Waals surface area (Å²) in [5.74, 6) is 1.38. The Morgan fingerprint density at radius 1 is 1.14 bits per heavy atom. The molecule has 1 aromatic carbocycles. The predicted octanol–water partition coefficient (Wildman–Crippen LogP) is 3.80. The maximum Gasteiger partial charge on any atom is 0.243 e.